The minimum absolute atomic E-state index is 0.0597. The van der Waals surface area contributed by atoms with E-state index in [0.717, 1.165) is 23.9 Å². The molecule has 0 aromatic heterocycles. The topological polar surface area (TPSA) is 57.7 Å². The summed E-state index contributed by atoms with van der Waals surface area (Å²) in [5.41, 5.74) is 0. The fourth-order valence-corrected chi connectivity index (χ4v) is 6.43. The number of benzene rings is 2. The normalized spacial score (nSPS) is 24.7. The van der Waals surface area contributed by atoms with Crippen LogP contribution in [0.2, 0.25) is 0 Å². The van der Waals surface area contributed by atoms with Gasteiger partial charge in [0.25, 0.3) is 0 Å². The molecule has 0 bridgehead atoms. The molecular formula is C23H30N2O3S. The number of nitrogens with zero attached hydrogens (tertiary/aromatic N) is 2. The first-order chi connectivity index (χ1) is 13.8. The first kappa shape index (κ1) is 20.4. The standard InChI is InChI=1S/C23H30N2O3S/c1-17-13-18(2)16-24(15-17)23(26)20-9-11-25(12-10-20)29(27,28)22-8-7-19-5-3-4-6-21(19)14-22/h3-8,14,17-18,20H,9-13,15-16H2,1-2H3/t17-,18-/m0/s1. The van der Waals surface area contributed by atoms with E-state index in [2.05, 4.69) is 13.8 Å². The van der Waals surface area contributed by atoms with E-state index < -0.39 is 10.0 Å². The highest BCUT2D eigenvalue weighted by Crippen LogP contribution is 2.29. The van der Waals surface area contributed by atoms with Crippen LogP contribution in [0.4, 0.5) is 0 Å². The molecule has 2 atom stereocenters. The summed E-state index contributed by atoms with van der Waals surface area (Å²) in [4.78, 5) is 15.3. The molecule has 2 saturated heterocycles. The summed E-state index contributed by atoms with van der Waals surface area (Å²) in [6.45, 7) is 6.88. The summed E-state index contributed by atoms with van der Waals surface area (Å²) < 4.78 is 27.8. The molecular weight excluding hydrogens is 384 g/mol. The SMILES string of the molecule is C[C@H]1C[C@H](C)CN(C(=O)C2CCN(S(=O)(=O)c3ccc4ccccc4c3)CC2)C1. The van der Waals surface area contributed by atoms with Crippen molar-refractivity contribution in [1.29, 1.82) is 0 Å². The van der Waals surface area contributed by atoms with Gasteiger partial charge in [0.15, 0.2) is 0 Å². The average Bonchev–Trinajstić information content (AvgIpc) is 2.72. The van der Waals surface area contributed by atoms with Crippen molar-refractivity contribution >= 4 is 26.7 Å². The van der Waals surface area contributed by atoms with E-state index in [1.165, 1.54) is 6.42 Å². The fourth-order valence-electron chi connectivity index (χ4n) is 4.92. The molecule has 2 aromatic rings. The van der Waals surface area contributed by atoms with Gasteiger partial charge in [-0.2, -0.15) is 4.31 Å². The number of fused-ring (bicyclic) bond motifs is 1. The third-order valence-corrected chi connectivity index (χ3v) is 8.24. The number of hydrogen-bond donors (Lipinski definition) is 0. The van der Waals surface area contributed by atoms with Gasteiger partial charge >= 0.3 is 0 Å². The Hall–Kier alpha value is -1.92. The molecule has 156 valence electrons. The van der Waals surface area contributed by atoms with Gasteiger partial charge in [0.05, 0.1) is 4.90 Å². The molecule has 0 N–H and O–H groups in total. The maximum atomic E-state index is 13.1. The predicted molar refractivity (Wildman–Crippen MR) is 115 cm³/mol. The zero-order valence-electron chi connectivity index (χ0n) is 17.3. The molecule has 0 spiro atoms. The van der Waals surface area contributed by atoms with Crippen LogP contribution in [0.3, 0.4) is 0 Å². The maximum absolute atomic E-state index is 13.1. The second-order valence-electron chi connectivity index (χ2n) is 8.88. The van der Waals surface area contributed by atoms with E-state index in [1.54, 1.807) is 16.4 Å². The van der Waals surface area contributed by atoms with E-state index in [9.17, 15) is 13.2 Å². The summed E-state index contributed by atoms with van der Waals surface area (Å²) >= 11 is 0. The molecule has 0 aliphatic carbocycles. The smallest absolute Gasteiger partial charge is 0.243 e. The minimum Gasteiger partial charge on any atom is -0.342 e. The van der Waals surface area contributed by atoms with Crippen molar-refractivity contribution in [3.8, 4) is 0 Å². The highest BCUT2D eigenvalue weighted by atomic mass is 32.2. The summed E-state index contributed by atoms with van der Waals surface area (Å²) in [7, 11) is -3.54. The van der Waals surface area contributed by atoms with Crippen molar-refractivity contribution in [1.82, 2.24) is 9.21 Å². The highest BCUT2D eigenvalue weighted by Gasteiger charge is 2.35. The Kier molecular flexibility index (Phi) is 5.67. The third-order valence-electron chi connectivity index (χ3n) is 6.34. The molecule has 2 aromatic carbocycles. The highest BCUT2D eigenvalue weighted by molar-refractivity contribution is 7.89. The monoisotopic (exact) mass is 414 g/mol. The van der Waals surface area contributed by atoms with Crippen LogP contribution in [-0.4, -0.2) is 49.7 Å². The van der Waals surface area contributed by atoms with Gasteiger partial charge < -0.3 is 4.90 Å². The number of sulfonamides is 1. The number of amides is 1. The Bertz CT molecular complexity index is 986. The van der Waals surface area contributed by atoms with Gasteiger partial charge in [0, 0.05) is 32.1 Å². The number of likely N-dealkylation sites (tertiary alicyclic amines) is 1. The lowest BCUT2D eigenvalue weighted by Gasteiger charge is -2.39. The van der Waals surface area contributed by atoms with Crippen molar-refractivity contribution in [3.63, 3.8) is 0 Å². The minimum atomic E-state index is -3.54. The second-order valence-corrected chi connectivity index (χ2v) is 10.8. The van der Waals surface area contributed by atoms with Crippen molar-refractivity contribution in [3.05, 3.63) is 42.5 Å². The van der Waals surface area contributed by atoms with Gasteiger partial charge in [0.1, 0.15) is 0 Å². The van der Waals surface area contributed by atoms with Crippen LogP contribution >= 0.6 is 0 Å². The molecule has 4 rings (SSSR count). The number of piperidine rings is 2. The lowest BCUT2D eigenvalue weighted by atomic mass is 9.89. The predicted octanol–water partition coefficient (Wildman–Crippen LogP) is 3.75. The van der Waals surface area contributed by atoms with Gasteiger partial charge in [-0.1, -0.05) is 44.2 Å². The largest absolute Gasteiger partial charge is 0.342 e. The van der Waals surface area contributed by atoms with Crippen LogP contribution in [0.1, 0.15) is 33.1 Å². The zero-order valence-corrected chi connectivity index (χ0v) is 18.1. The van der Waals surface area contributed by atoms with Crippen molar-refractivity contribution in [2.45, 2.75) is 38.0 Å². The van der Waals surface area contributed by atoms with Crippen LogP contribution < -0.4 is 0 Å². The van der Waals surface area contributed by atoms with Gasteiger partial charge in [-0.3, -0.25) is 4.79 Å². The number of hydrogen-bond acceptors (Lipinski definition) is 3. The van der Waals surface area contributed by atoms with Gasteiger partial charge in [-0.25, -0.2) is 8.42 Å². The zero-order chi connectivity index (χ0) is 20.6. The molecule has 2 heterocycles. The van der Waals surface area contributed by atoms with Crippen molar-refractivity contribution < 1.29 is 13.2 Å². The van der Waals surface area contributed by atoms with Crippen LogP contribution in [0.15, 0.2) is 47.4 Å². The molecule has 2 fully saturated rings. The van der Waals surface area contributed by atoms with Crippen LogP contribution in [0.25, 0.3) is 10.8 Å². The molecule has 29 heavy (non-hydrogen) atoms. The fraction of sp³-hybridized carbons (Fsp3) is 0.522. The number of carbonyl (C=O) groups is 1. The number of rotatable bonds is 3. The summed E-state index contributed by atoms with van der Waals surface area (Å²) in [6, 6.07) is 13.1. The Morgan fingerprint density at radius 3 is 2.21 bits per heavy atom. The van der Waals surface area contributed by atoms with Gasteiger partial charge in [-0.05, 0) is 54.0 Å². The number of carbonyl (C=O) groups excluding carboxylic acids is 1. The molecule has 6 heteroatoms. The van der Waals surface area contributed by atoms with E-state index in [1.807, 2.05) is 35.2 Å². The Labute approximate surface area is 173 Å². The molecule has 0 radical (unpaired) electrons. The lowest BCUT2D eigenvalue weighted by molar-refractivity contribution is -0.139. The van der Waals surface area contributed by atoms with Gasteiger partial charge in [-0.15, -0.1) is 0 Å². The molecule has 2 aliphatic rings. The average molecular weight is 415 g/mol. The molecule has 0 unspecified atom stereocenters. The van der Waals surface area contributed by atoms with Crippen molar-refractivity contribution in [2.24, 2.45) is 17.8 Å². The Morgan fingerprint density at radius 1 is 0.931 bits per heavy atom. The van der Waals surface area contributed by atoms with Crippen LogP contribution in [-0.2, 0) is 14.8 Å². The Morgan fingerprint density at radius 2 is 1.55 bits per heavy atom. The van der Waals surface area contributed by atoms with Crippen molar-refractivity contribution in [2.75, 3.05) is 26.2 Å². The molecule has 5 nitrogen and oxygen atoms in total. The summed E-state index contributed by atoms with van der Waals surface area (Å²) in [5, 5.41) is 1.95. The lowest BCUT2D eigenvalue weighted by Crippen LogP contribution is -2.48. The van der Waals surface area contributed by atoms with Crippen LogP contribution in [0, 0.1) is 17.8 Å². The maximum Gasteiger partial charge on any atom is 0.243 e. The summed E-state index contributed by atoms with van der Waals surface area (Å²) in [5.74, 6) is 1.23. The van der Waals surface area contributed by atoms with Crippen LogP contribution in [0.5, 0.6) is 0 Å². The van der Waals surface area contributed by atoms with E-state index in [-0.39, 0.29) is 11.8 Å². The second kappa shape index (κ2) is 8.07. The van der Waals surface area contributed by atoms with E-state index >= 15 is 0 Å². The Balaban J connectivity index is 1.43. The van der Waals surface area contributed by atoms with E-state index in [0.29, 0.717) is 42.7 Å². The van der Waals surface area contributed by atoms with E-state index in [4.69, 9.17) is 0 Å². The first-order valence-electron chi connectivity index (χ1n) is 10.6. The molecule has 0 saturated carbocycles. The molecule has 2 aliphatic heterocycles. The van der Waals surface area contributed by atoms with Gasteiger partial charge in [0.2, 0.25) is 15.9 Å². The molecule has 1 amide bonds. The quantitative estimate of drug-likeness (QED) is 0.769. The summed E-state index contributed by atoms with van der Waals surface area (Å²) in [6.07, 6.45) is 2.38. The first-order valence-corrected chi connectivity index (χ1v) is 12.1. The third kappa shape index (κ3) is 4.19.